The summed E-state index contributed by atoms with van der Waals surface area (Å²) in [5.41, 5.74) is -1.73. The van der Waals surface area contributed by atoms with Gasteiger partial charge >= 0.3 is 11.7 Å². The van der Waals surface area contributed by atoms with E-state index in [9.17, 15) is 25.0 Å². The number of hydrogen-bond donors (Lipinski definition) is 0. The summed E-state index contributed by atoms with van der Waals surface area (Å²) in [6.45, 7) is 3.10. The van der Waals surface area contributed by atoms with Gasteiger partial charge in [0.2, 0.25) is 5.75 Å². The summed E-state index contributed by atoms with van der Waals surface area (Å²) in [6.07, 6.45) is 0.745. The van der Waals surface area contributed by atoms with Gasteiger partial charge in [-0.3, -0.25) is 20.2 Å². The van der Waals surface area contributed by atoms with Crippen LogP contribution in [-0.4, -0.2) is 15.8 Å². The zero-order chi connectivity index (χ0) is 14.7. The lowest BCUT2D eigenvalue weighted by molar-refractivity contribution is -0.394. The summed E-state index contributed by atoms with van der Waals surface area (Å²) in [5, 5.41) is 20.2. The Hall–Kier alpha value is -2.19. The highest BCUT2D eigenvalue weighted by atomic mass is 35.5. The Bertz CT molecular complexity index is 601. The zero-order valence-electron chi connectivity index (χ0n) is 8.96. The van der Waals surface area contributed by atoms with Crippen molar-refractivity contribution in [3.05, 3.63) is 49.0 Å². The first-order valence-electron chi connectivity index (χ1n) is 4.44. The van der Waals surface area contributed by atoms with Crippen LogP contribution in [0, 0.1) is 20.2 Å². The van der Waals surface area contributed by atoms with Crippen molar-refractivity contribution in [2.24, 2.45) is 0 Å². The Morgan fingerprint density at radius 1 is 1.32 bits per heavy atom. The molecule has 0 N–H and O–H groups in total. The van der Waals surface area contributed by atoms with Crippen LogP contribution in [0.3, 0.4) is 0 Å². The van der Waals surface area contributed by atoms with Gasteiger partial charge in [-0.05, 0) is 0 Å². The van der Waals surface area contributed by atoms with Crippen molar-refractivity contribution in [3.8, 4) is 5.75 Å². The van der Waals surface area contributed by atoms with E-state index in [0.717, 1.165) is 12.1 Å². The van der Waals surface area contributed by atoms with Crippen molar-refractivity contribution in [1.29, 1.82) is 0 Å². The van der Waals surface area contributed by atoms with Gasteiger partial charge in [0.25, 0.3) is 5.69 Å². The molecule has 0 radical (unpaired) electrons. The number of carbonyl (C=O) groups is 1. The highest BCUT2D eigenvalue weighted by Crippen LogP contribution is 2.45. The fourth-order valence-electron chi connectivity index (χ4n) is 1.12. The Kier molecular flexibility index (Phi) is 4.41. The van der Waals surface area contributed by atoms with E-state index in [-0.39, 0.29) is 0 Å². The molecule has 0 bridgehead atoms. The summed E-state index contributed by atoms with van der Waals surface area (Å²) in [7, 11) is 0. The number of hydrogen-bond acceptors (Lipinski definition) is 6. The molecule has 0 atom stereocenters. The molecule has 0 heterocycles. The Balaban J connectivity index is 3.59. The Morgan fingerprint density at radius 2 is 1.89 bits per heavy atom. The van der Waals surface area contributed by atoms with E-state index in [1.165, 1.54) is 0 Å². The first kappa shape index (κ1) is 14.9. The largest absolute Gasteiger partial charge is 0.414 e. The second-order valence-electron chi connectivity index (χ2n) is 3.01. The normalized spacial score (nSPS) is 9.79. The average molecular weight is 307 g/mol. The maximum absolute atomic E-state index is 11.0. The molecule has 0 unspecified atom stereocenters. The predicted octanol–water partition coefficient (Wildman–Crippen LogP) is 2.90. The molecule has 1 rings (SSSR count). The molecule has 0 aliphatic heterocycles. The molecule has 0 fully saturated rings. The first-order valence-corrected chi connectivity index (χ1v) is 5.20. The second-order valence-corrected chi connectivity index (χ2v) is 3.79. The molecule has 0 spiro atoms. The second kappa shape index (κ2) is 5.63. The number of nitro groups is 2. The molecule has 1 aromatic carbocycles. The van der Waals surface area contributed by atoms with E-state index in [1.807, 2.05) is 0 Å². The number of benzene rings is 1. The van der Waals surface area contributed by atoms with Gasteiger partial charge in [0, 0.05) is 12.1 Å². The fourth-order valence-corrected chi connectivity index (χ4v) is 1.63. The number of esters is 1. The van der Waals surface area contributed by atoms with Crippen LogP contribution in [0.5, 0.6) is 5.75 Å². The van der Waals surface area contributed by atoms with E-state index in [2.05, 4.69) is 11.3 Å². The molecule has 8 nitrogen and oxygen atoms in total. The Morgan fingerprint density at radius 3 is 2.32 bits per heavy atom. The van der Waals surface area contributed by atoms with E-state index in [1.54, 1.807) is 0 Å². The highest BCUT2D eigenvalue weighted by molar-refractivity contribution is 6.38. The molecule has 0 amide bonds. The molecule has 0 saturated heterocycles. The molecule has 10 heteroatoms. The minimum absolute atomic E-state index is 0.488. The van der Waals surface area contributed by atoms with Gasteiger partial charge in [-0.15, -0.1) is 0 Å². The third-order valence-electron chi connectivity index (χ3n) is 1.88. The maximum Gasteiger partial charge on any atom is 0.338 e. The summed E-state index contributed by atoms with van der Waals surface area (Å²) < 4.78 is 4.56. The van der Waals surface area contributed by atoms with Crippen molar-refractivity contribution >= 4 is 40.5 Å². The van der Waals surface area contributed by atoms with Crippen LogP contribution < -0.4 is 4.74 Å². The van der Waals surface area contributed by atoms with Crippen molar-refractivity contribution in [2.45, 2.75) is 0 Å². The van der Waals surface area contributed by atoms with Gasteiger partial charge in [-0.25, -0.2) is 4.79 Å². The molecular formula is C9H4Cl2N2O6. The quantitative estimate of drug-likeness (QED) is 0.278. The average Bonchev–Trinajstić information content (AvgIpc) is 2.32. The smallest absolute Gasteiger partial charge is 0.338 e. The van der Waals surface area contributed by atoms with Crippen LogP contribution in [-0.2, 0) is 4.79 Å². The summed E-state index contributed by atoms with van der Waals surface area (Å²) in [5.74, 6) is -1.69. The SMILES string of the molecule is C=CC(=O)Oc1c(Cl)cc([N+](=O)[O-])c(Cl)c1[N+](=O)[O-]. The molecule has 0 aliphatic carbocycles. The lowest BCUT2D eigenvalue weighted by Crippen LogP contribution is -2.07. The molecule has 19 heavy (non-hydrogen) atoms. The van der Waals surface area contributed by atoms with Gasteiger partial charge in [0.1, 0.15) is 0 Å². The van der Waals surface area contributed by atoms with Crippen LogP contribution in [0.1, 0.15) is 0 Å². The summed E-state index contributed by atoms with van der Waals surface area (Å²) in [6, 6.07) is 0.753. The van der Waals surface area contributed by atoms with E-state index in [4.69, 9.17) is 23.2 Å². The predicted molar refractivity (Wildman–Crippen MR) is 65.6 cm³/mol. The van der Waals surface area contributed by atoms with Crippen molar-refractivity contribution < 1.29 is 19.4 Å². The maximum atomic E-state index is 11.0. The number of nitro benzene ring substituents is 2. The minimum Gasteiger partial charge on any atom is -0.414 e. The topological polar surface area (TPSA) is 113 Å². The monoisotopic (exact) mass is 306 g/mol. The number of nitrogens with zero attached hydrogens (tertiary/aromatic N) is 2. The first-order chi connectivity index (χ1) is 8.79. The number of carbonyl (C=O) groups excluding carboxylic acids is 1. The van der Waals surface area contributed by atoms with Gasteiger partial charge in [0.05, 0.1) is 14.9 Å². The minimum atomic E-state index is -1.03. The van der Waals surface area contributed by atoms with Crippen LogP contribution in [0.2, 0.25) is 10.0 Å². The van der Waals surface area contributed by atoms with Crippen LogP contribution in [0.15, 0.2) is 18.7 Å². The van der Waals surface area contributed by atoms with Crippen molar-refractivity contribution in [2.75, 3.05) is 0 Å². The third kappa shape index (κ3) is 2.98. The van der Waals surface area contributed by atoms with Crippen molar-refractivity contribution in [1.82, 2.24) is 0 Å². The highest BCUT2D eigenvalue weighted by Gasteiger charge is 2.32. The fraction of sp³-hybridized carbons (Fsp3) is 0. The van der Waals surface area contributed by atoms with Gasteiger partial charge in [-0.2, -0.15) is 0 Å². The zero-order valence-corrected chi connectivity index (χ0v) is 10.5. The van der Waals surface area contributed by atoms with E-state index >= 15 is 0 Å². The summed E-state index contributed by atoms with van der Waals surface area (Å²) in [4.78, 5) is 30.6. The molecule has 100 valence electrons. The molecule has 1 aromatic rings. The third-order valence-corrected chi connectivity index (χ3v) is 2.53. The Labute approximate surface area is 115 Å². The molecule has 0 aliphatic rings. The molecule has 0 aromatic heterocycles. The van der Waals surface area contributed by atoms with Crippen LogP contribution in [0.4, 0.5) is 11.4 Å². The van der Waals surface area contributed by atoms with Gasteiger partial charge in [0.15, 0.2) is 5.02 Å². The van der Waals surface area contributed by atoms with Gasteiger partial charge in [-0.1, -0.05) is 29.8 Å². The number of halogens is 2. The number of rotatable bonds is 4. The van der Waals surface area contributed by atoms with E-state index in [0.29, 0.717) is 0 Å². The van der Waals surface area contributed by atoms with Crippen LogP contribution >= 0.6 is 23.2 Å². The lowest BCUT2D eigenvalue weighted by atomic mass is 10.2. The van der Waals surface area contributed by atoms with Gasteiger partial charge < -0.3 is 4.74 Å². The molecule has 0 saturated carbocycles. The van der Waals surface area contributed by atoms with E-state index < -0.39 is 43.0 Å². The lowest BCUT2D eigenvalue weighted by Gasteiger charge is -2.06. The standard InChI is InChI=1S/C9H4Cl2N2O6/c1-2-6(14)19-9-4(10)3-5(12(15)16)7(11)8(9)13(17)18/h2-3H,1H2. The van der Waals surface area contributed by atoms with Crippen molar-refractivity contribution in [3.63, 3.8) is 0 Å². The molecular weight excluding hydrogens is 303 g/mol. The summed E-state index contributed by atoms with van der Waals surface area (Å²) >= 11 is 11.2. The number of ether oxygens (including phenoxy) is 1. The van der Waals surface area contributed by atoms with Crippen LogP contribution in [0.25, 0.3) is 0 Å².